The summed E-state index contributed by atoms with van der Waals surface area (Å²) in [5, 5.41) is 12.5. The van der Waals surface area contributed by atoms with Crippen molar-refractivity contribution in [1.29, 1.82) is 0 Å². The van der Waals surface area contributed by atoms with E-state index in [1.807, 2.05) is 31.2 Å². The number of aryl methyl sites for hydroxylation is 1. The fourth-order valence-corrected chi connectivity index (χ4v) is 3.89. The molecule has 0 fully saturated rings. The number of carbonyl (C=O) groups is 1. The van der Waals surface area contributed by atoms with E-state index in [9.17, 15) is 19.3 Å². The molecule has 0 atom stereocenters. The average Bonchev–Trinajstić information content (AvgIpc) is 3.10. The molecule has 0 spiro atoms. The van der Waals surface area contributed by atoms with Crippen LogP contribution in [0.2, 0.25) is 0 Å². The Morgan fingerprint density at radius 3 is 2.38 bits per heavy atom. The minimum absolute atomic E-state index is 0.117. The van der Waals surface area contributed by atoms with Gasteiger partial charge in [-0.2, -0.15) is 0 Å². The molecule has 0 N–H and O–H groups in total. The topological polar surface area (TPSA) is 74.4 Å². The summed E-state index contributed by atoms with van der Waals surface area (Å²) in [6.07, 6.45) is 0. The summed E-state index contributed by atoms with van der Waals surface area (Å²) < 4.78 is 20.4. The zero-order chi connectivity index (χ0) is 22.8. The van der Waals surface area contributed by atoms with E-state index in [1.165, 1.54) is 18.2 Å². The summed E-state index contributed by atoms with van der Waals surface area (Å²) in [5.41, 5.74) is 3.50. The van der Waals surface area contributed by atoms with Gasteiger partial charge in [-0.3, -0.25) is 10.1 Å². The lowest BCUT2D eigenvalue weighted by molar-refractivity contribution is -0.383. The Morgan fingerprint density at radius 2 is 1.75 bits per heavy atom. The van der Waals surface area contributed by atoms with Crippen molar-refractivity contribution in [2.45, 2.75) is 20.4 Å². The van der Waals surface area contributed by atoms with Crippen LogP contribution < -0.4 is 0 Å². The minimum Gasteiger partial charge on any atom is -0.461 e. The van der Waals surface area contributed by atoms with Gasteiger partial charge in [0.1, 0.15) is 17.0 Å². The Kier molecular flexibility index (Phi) is 5.73. The molecule has 162 valence electrons. The molecule has 4 rings (SSSR count). The van der Waals surface area contributed by atoms with E-state index in [-0.39, 0.29) is 30.4 Å². The number of carbonyl (C=O) groups excluding carboxylic acids is 1. The molecule has 3 aromatic carbocycles. The lowest BCUT2D eigenvalue weighted by Gasteiger charge is -2.12. The summed E-state index contributed by atoms with van der Waals surface area (Å²) in [6.45, 7) is 3.96. The van der Waals surface area contributed by atoms with Gasteiger partial charge in [0.25, 0.3) is 5.69 Å². The molecule has 0 radical (unpaired) electrons. The summed E-state index contributed by atoms with van der Waals surface area (Å²) in [7, 11) is 0. The van der Waals surface area contributed by atoms with Crippen molar-refractivity contribution in [1.82, 2.24) is 4.57 Å². The summed E-state index contributed by atoms with van der Waals surface area (Å²) in [6, 6.07) is 18.2. The molecule has 0 aliphatic rings. The molecule has 1 heterocycles. The normalized spacial score (nSPS) is 11.0. The molecule has 1 aromatic heterocycles. The second-order valence-electron chi connectivity index (χ2n) is 7.45. The predicted octanol–water partition coefficient (Wildman–Crippen LogP) is 5.89. The number of hydrogen-bond acceptors (Lipinski definition) is 4. The Balaban J connectivity index is 2.09. The molecule has 6 nitrogen and oxygen atoms in total. The van der Waals surface area contributed by atoms with Crippen LogP contribution in [0.1, 0.15) is 28.5 Å². The monoisotopic (exact) mass is 432 g/mol. The van der Waals surface area contributed by atoms with Crippen molar-refractivity contribution >= 4 is 22.6 Å². The molecule has 32 heavy (non-hydrogen) atoms. The molecule has 0 unspecified atom stereocenters. The number of benzene rings is 3. The molecule has 0 aliphatic carbocycles. The number of hydrogen-bond donors (Lipinski definition) is 0. The maximum Gasteiger partial charge on any atom is 0.355 e. The number of esters is 1. The van der Waals surface area contributed by atoms with E-state index in [1.54, 1.807) is 35.8 Å². The van der Waals surface area contributed by atoms with Gasteiger partial charge in [-0.05, 0) is 37.1 Å². The van der Waals surface area contributed by atoms with E-state index in [2.05, 4.69) is 0 Å². The maximum absolute atomic E-state index is 13.4. The number of non-ortho nitro benzene ring substituents is 1. The number of nitro benzene ring substituents is 1. The third-order valence-electron chi connectivity index (χ3n) is 5.32. The van der Waals surface area contributed by atoms with Gasteiger partial charge in [0.15, 0.2) is 0 Å². The van der Waals surface area contributed by atoms with Crippen LogP contribution in [0.4, 0.5) is 10.1 Å². The Hall–Kier alpha value is -4.00. The van der Waals surface area contributed by atoms with Crippen molar-refractivity contribution in [3.63, 3.8) is 0 Å². The highest BCUT2D eigenvalue weighted by Crippen LogP contribution is 2.40. The highest BCUT2D eigenvalue weighted by Gasteiger charge is 2.29. The highest BCUT2D eigenvalue weighted by atomic mass is 19.1. The number of nitrogens with zero attached hydrogens (tertiary/aromatic N) is 2. The fourth-order valence-electron chi connectivity index (χ4n) is 3.89. The Labute approximate surface area is 184 Å². The summed E-state index contributed by atoms with van der Waals surface area (Å²) in [4.78, 5) is 24.6. The van der Waals surface area contributed by atoms with Crippen molar-refractivity contribution in [3.05, 3.63) is 99.5 Å². The van der Waals surface area contributed by atoms with Crippen molar-refractivity contribution in [2.75, 3.05) is 6.61 Å². The Morgan fingerprint density at radius 1 is 1.06 bits per heavy atom. The second-order valence-corrected chi connectivity index (χ2v) is 7.45. The number of ether oxygens (including phenoxy) is 1. The number of para-hydroxylation sites is 1. The first kappa shape index (κ1) is 21.2. The highest BCUT2D eigenvalue weighted by molar-refractivity contribution is 6.10. The zero-order valence-electron chi connectivity index (χ0n) is 17.7. The van der Waals surface area contributed by atoms with Crippen LogP contribution in [0.25, 0.3) is 22.0 Å². The molecule has 4 aromatic rings. The molecule has 0 saturated heterocycles. The number of halogens is 1. The molecule has 0 bridgehead atoms. The number of aromatic nitrogens is 1. The van der Waals surface area contributed by atoms with E-state index in [0.29, 0.717) is 22.0 Å². The fraction of sp³-hybridized carbons (Fsp3) is 0.160. The van der Waals surface area contributed by atoms with Crippen LogP contribution >= 0.6 is 0 Å². The third-order valence-corrected chi connectivity index (χ3v) is 5.32. The quantitative estimate of drug-likeness (QED) is 0.216. The summed E-state index contributed by atoms with van der Waals surface area (Å²) in [5.74, 6) is -0.960. The zero-order valence-corrected chi connectivity index (χ0v) is 17.7. The van der Waals surface area contributed by atoms with Crippen molar-refractivity contribution < 1.29 is 18.8 Å². The molecular weight excluding hydrogens is 411 g/mol. The van der Waals surface area contributed by atoms with Crippen LogP contribution in [-0.4, -0.2) is 22.1 Å². The third kappa shape index (κ3) is 3.85. The van der Waals surface area contributed by atoms with Crippen LogP contribution in [0.3, 0.4) is 0 Å². The minimum atomic E-state index is -0.573. The van der Waals surface area contributed by atoms with E-state index < -0.39 is 10.9 Å². The van der Waals surface area contributed by atoms with Gasteiger partial charge in [0.2, 0.25) is 0 Å². The van der Waals surface area contributed by atoms with Gasteiger partial charge in [-0.15, -0.1) is 0 Å². The largest absolute Gasteiger partial charge is 0.461 e. The van der Waals surface area contributed by atoms with E-state index in [0.717, 1.165) is 11.1 Å². The van der Waals surface area contributed by atoms with Gasteiger partial charge in [0, 0.05) is 23.6 Å². The van der Waals surface area contributed by atoms with Gasteiger partial charge >= 0.3 is 5.97 Å². The van der Waals surface area contributed by atoms with Crippen LogP contribution in [-0.2, 0) is 11.3 Å². The first-order valence-corrected chi connectivity index (χ1v) is 10.2. The van der Waals surface area contributed by atoms with Gasteiger partial charge in [0.05, 0.1) is 11.5 Å². The predicted molar refractivity (Wildman–Crippen MR) is 120 cm³/mol. The van der Waals surface area contributed by atoms with Gasteiger partial charge in [-0.25, -0.2) is 9.18 Å². The van der Waals surface area contributed by atoms with Gasteiger partial charge in [-0.1, -0.05) is 54.1 Å². The standard InChI is InChI=1S/C25H21FN2O4/c1-3-32-25(29)24-22(18-11-7-16(2)8-12-18)20-5-4-6-21(28(30)31)23(20)27(24)15-17-9-13-19(26)14-10-17/h4-14H,3,15H2,1-2H3. The summed E-state index contributed by atoms with van der Waals surface area (Å²) >= 11 is 0. The Bertz CT molecular complexity index is 1310. The smallest absolute Gasteiger partial charge is 0.355 e. The SMILES string of the molecule is CCOC(=O)c1c(-c2ccc(C)cc2)c2cccc([N+](=O)[O-])c2n1Cc1ccc(F)cc1. The lowest BCUT2D eigenvalue weighted by Crippen LogP contribution is -2.14. The van der Waals surface area contributed by atoms with Crippen LogP contribution in [0.15, 0.2) is 66.7 Å². The van der Waals surface area contributed by atoms with E-state index >= 15 is 0 Å². The first-order chi connectivity index (χ1) is 15.4. The maximum atomic E-state index is 13.4. The molecular formula is C25H21FN2O4. The molecule has 0 amide bonds. The van der Waals surface area contributed by atoms with Crippen LogP contribution in [0, 0.1) is 22.9 Å². The number of rotatable bonds is 6. The number of fused-ring (bicyclic) bond motifs is 1. The second kappa shape index (κ2) is 8.63. The molecule has 7 heteroatoms. The molecule has 0 aliphatic heterocycles. The van der Waals surface area contributed by atoms with Gasteiger partial charge < -0.3 is 9.30 Å². The average molecular weight is 432 g/mol. The van der Waals surface area contributed by atoms with Crippen molar-refractivity contribution in [2.24, 2.45) is 0 Å². The number of nitro groups is 1. The first-order valence-electron chi connectivity index (χ1n) is 10.2. The molecule has 0 saturated carbocycles. The van der Waals surface area contributed by atoms with Crippen molar-refractivity contribution in [3.8, 4) is 11.1 Å². The van der Waals surface area contributed by atoms with Crippen LogP contribution in [0.5, 0.6) is 0 Å². The lowest BCUT2D eigenvalue weighted by atomic mass is 10.0. The van der Waals surface area contributed by atoms with E-state index in [4.69, 9.17) is 4.74 Å².